The van der Waals surface area contributed by atoms with Crippen LogP contribution in [0.4, 0.5) is 5.69 Å². The van der Waals surface area contributed by atoms with Gasteiger partial charge in [-0.15, -0.1) is 0 Å². The number of aliphatic hydroxyl groups is 1. The topological polar surface area (TPSA) is 91.3 Å². The highest BCUT2D eigenvalue weighted by atomic mass is 16.7. The number of nitrogens with one attached hydrogen (secondary N) is 1. The lowest BCUT2D eigenvalue weighted by Gasteiger charge is -2.33. The Morgan fingerprint density at radius 2 is 1.68 bits per heavy atom. The van der Waals surface area contributed by atoms with Gasteiger partial charge in [0.15, 0.2) is 5.57 Å². The van der Waals surface area contributed by atoms with Crippen molar-refractivity contribution in [3.05, 3.63) is 41.6 Å². The molecule has 0 bridgehead atoms. The van der Waals surface area contributed by atoms with Crippen LogP contribution in [-0.2, 0) is 19.1 Å². The minimum Gasteiger partial charge on any atom is -0.419 e. The van der Waals surface area contributed by atoms with Crippen molar-refractivity contribution in [2.45, 2.75) is 25.7 Å². The molecule has 2 aliphatic heterocycles. The number of ether oxygens (including phenoxy) is 2. The van der Waals surface area contributed by atoms with E-state index < -0.39 is 23.8 Å². The molecule has 2 N–H and O–H groups in total. The summed E-state index contributed by atoms with van der Waals surface area (Å²) < 4.78 is 10.1. The molecular weight excluding hydrogens is 362 g/mol. The third-order valence-corrected chi connectivity index (χ3v) is 4.82. The van der Waals surface area contributed by atoms with Gasteiger partial charge in [-0.2, -0.15) is 0 Å². The monoisotopic (exact) mass is 389 g/mol. The fourth-order valence-corrected chi connectivity index (χ4v) is 3.12. The summed E-state index contributed by atoms with van der Waals surface area (Å²) in [5.41, 5.74) is 1.29. The Hall–Kier alpha value is -2.42. The molecule has 2 heterocycles. The number of hydrogen-bond donors (Lipinski definition) is 2. The summed E-state index contributed by atoms with van der Waals surface area (Å²) in [5.74, 6) is -2.71. The van der Waals surface area contributed by atoms with E-state index in [-0.39, 0.29) is 5.57 Å². The maximum atomic E-state index is 11.9. The Kier molecular flexibility index (Phi) is 6.02. The molecule has 0 amide bonds. The normalized spacial score (nSPS) is 21.6. The molecule has 152 valence electrons. The van der Waals surface area contributed by atoms with Crippen molar-refractivity contribution >= 4 is 17.6 Å². The first-order valence-corrected chi connectivity index (χ1v) is 9.36. The molecule has 1 atom stereocenters. The van der Waals surface area contributed by atoms with Gasteiger partial charge in [0.2, 0.25) is 0 Å². The second-order valence-electron chi connectivity index (χ2n) is 7.62. The van der Waals surface area contributed by atoms with Crippen LogP contribution in [0.1, 0.15) is 25.5 Å². The van der Waals surface area contributed by atoms with Gasteiger partial charge >= 0.3 is 11.9 Å². The van der Waals surface area contributed by atoms with Crippen molar-refractivity contribution in [3.63, 3.8) is 0 Å². The lowest BCUT2D eigenvalue weighted by molar-refractivity contribution is -0.222. The molecular formula is C20H27N3O5. The molecule has 1 unspecified atom stereocenters. The Labute approximate surface area is 164 Å². The van der Waals surface area contributed by atoms with Gasteiger partial charge in [-0.05, 0) is 24.7 Å². The molecule has 8 heteroatoms. The molecule has 1 aromatic rings. The highest BCUT2D eigenvalue weighted by Gasteiger charge is 2.38. The smallest absolute Gasteiger partial charge is 0.350 e. The summed E-state index contributed by atoms with van der Waals surface area (Å²) in [7, 11) is 2.10. The number of esters is 2. The number of carbonyl (C=O) groups excluding carboxylic acids is 2. The highest BCUT2D eigenvalue weighted by molar-refractivity contribution is 6.15. The maximum absolute atomic E-state index is 11.9. The Bertz CT molecular complexity index is 730. The van der Waals surface area contributed by atoms with E-state index in [1.165, 1.54) is 20.0 Å². The number of rotatable bonds is 5. The standard InChI is InChI=1S/C20H27N3O5/c1-20(2)27-18(25)16(19(26)28-20)12-21-15-6-4-14(5-7-15)17(24)13-23-10-8-22(3)9-11-23/h4-7,12,17,21,24H,8-11,13H2,1-3H3. The Morgan fingerprint density at radius 3 is 2.25 bits per heavy atom. The number of piperazine rings is 1. The van der Waals surface area contributed by atoms with Gasteiger partial charge in [0.25, 0.3) is 5.79 Å². The Balaban J connectivity index is 1.57. The van der Waals surface area contributed by atoms with E-state index in [0.29, 0.717) is 12.2 Å². The molecule has 0 aliphatic carbocycles. The number of aliphatic hydroxyl groups excluding tert-OH is 1. The van der Waals surface area contributed by atoms with E-state index in [9.17, 15) is 14.7 Å². The average molecular weight is 389 g/mol. The summed E-state index contributed by atoms with van der Waals surface area (Å²) in [5, 5.41) is 13.4. The molecule has 2 fully saturated rings. The van der Waals surface area contributed by atoms with Crippen LogP contribution in [0.25, 0.3) is 0 Å². The number of β-amino-alcohol motifs (C(OH)–C–C–N with tert-alkyl or cyclic N) is 1. The molecule has 0 spiro atoms. The fourth-order valence-electron chi connectivity index (χ4n) is 3.12. The SMILES string of the molecule is CN1CCN(CC(O)c2ccc(NC=C3C(=O)OC(C)(C)OC3=O)cc2)CC1. The number of carbonyl (C=O) groups is 2. The van der Waals surface area contributed by atoms with E-state index in [2.05, 4.69) is 22.2 Å². The minimum absolute atomic E-state index is 0.196. The second kappa shape index (κ2) is 8.30. The summed E-state index contributed by atoms with van der Waals surface area (Å²) >= 11 is 0. The van der Waals surface area contributed by atoms with Crippen LogP contribution in [0.3, 0.4) is 0 Å². The van der Waals surface area contributed by atoms with Crippen molar-refractivity contribution in [2.75, 3.05) is 45.1 Å². The van der Waals surface area contributed by atoms with Gasteiger partial charge < -0.3 is 24.8 Å². The molecule has 0 saturated carbocycles. The quantitative estimate of drug-likeness (QED) is 0.440. The van der Waals surface area contributed by atoms with E-state index in [1.54, 1.807) is 12.1 Å². The molecule has 8 nitrogen and oxygen atoms in total. The molecule has 28 heavy (non-hydrogen) atoms. The van der Waals surface area contributed by atoms with Gasteiger partial charge in [-0.25, -0.2) is 9.59 Å². The minimum atomic E-state index is -1.26. The first-order valence-electron chi connectivity index (χ1n) is 9.36. The second-order valence-corrected chi connectivity index (χ2v) is 7.62. The number of nitrogens with zero attached hydrogens (tertiary/aromatic N) is 2. The summed E-state index contributed by atoms with van der Waals surface area (Å²) in [6.45, 7) is 7.50. The predicted octanol–water partition coefficient (Wildman–Crippen LogP) is 1.10. The lowest BCUT2D eigenvalue weighted by atomic mass is 10.1. The van der Waals surface area contributed by atoms with Crippen molar-refractivity contribution in [3.8, 4) is 0 Å². The number of cyclic esters (lactones) is 2. The van der Waals surface area contributed by atoms with Gasteiger partial charge in [-0.3, -0.25) is 4.90 Å². The zero-order valence-corrected chi connectivity index (χ0v) is 16.5. The van der Waals surface area contributed by atoms with Gasteiger partial charge in [0.1, 0.15) is 0 Å². The van der Waals surface area contributed by atoms with Crippen molar-refractivity contribution in [1.82, 2.24) is 9.80 Å². The first kappa shape index (κ1) is 20.3. The van der Waals surface area contributed by atoms with Crippen LogP contribution in [0.5, 0.6) is 0 Å². The van der Waals surface area contributed by atoms with Crippen LogP contribution in [0, 0.1) is 0 Å². The lowest BCUT2D eigenvalue weighted by Crippen LogP contribution is -2.45. The van der Waals surface area contributed by atoms with E-state index in [1.807, 2.05) is 12.1 Å². The average Bonchev–Trinajstić information content (AvgIpc) is 2.62. The van der Waals surface area contributed by atoms with Crippen LogP contribution in [-0.4, -0.2) is 72.4 Å². The van der Waals surface area contributed by atoms with E-state index >= 15 is 0 Å². The molecule has 0 aromatic heterocycles. The fraction of sp³-hybridized carbons (Fsp3) is 0.500. The molecule has 2 saturated heterocycles. The summed E-state index contributed by atoms with van der Waals surface area (Å²) in [4.78, 5) is 28.4. The van der Waals surface area contributed by atoms with E-state index in [4.69, 9.17) is 9.47 Å². The first-order chi connectivity index (χ1) is 13.2. The molecule has 2 aliphatic rings. The van der Waals surface area contributed by atoms with Crippen molar-refractivity contribution < 1.29 is 24.2 Å². The van der Waals surface area contributed by atoms with Crippen LogP contribution < -0.4 is 5.32 Å². The number of anilines is 1. The van der Waals surface area contributed by atoms with Crippen molar-refractivity contribution in [1.29, 1.82) is 0 Å². The van der Waals surface area contributed by atoms with Crippen molar-refractivity contribution in [2.24, 2.45) is 0 Å². The molecule has 0 radical (unpaired) electrons. The number of benzene rings is 1. The predicted molar refractivity (Wildman–Crippen MR) is 103 cm³/mol. The third-order valence-electron chi connectivity index (χ3n) is 4.82. The molecule has 3 rings (SSSR count). The zero-order valence-electron chi connectivity index (χ0n) is 16.5. The van der Waals surface area contributed by atoms with E-state index in [0.717, 1.165) is 31.7 Å². The summed E-state index contributed by atoms with van der Waals surface area (Å²) in [6, 6.07) is 7.20. The Morgan fingerprint density at radius 1 is 1.11 bits per heavy atom. The van der Waals surface area contributed by atoms with Gasteiger partial charge in [0.05, 0.1) is 6.10 Å². The van der Waals surface area contributed by atoms with Crippen LogP contribution in [0.15, 0.2) is 36.0 Å². The van der Waals surface area contributed by atoms with Gasteiger partial charge in [-0.1, -0.05) is 12.1 Å². The van der Waals surface area contributed by atoms with Gasteiger partial charge in [0, 0.05) is 58.5 Å². The number of hydrogen-bond acceptors (Lipinski definition) is 8. The summed E-state index contributed by atoms with van der Waals surface area (Å²) in [6.07, 6.45) is 0.705. The maximum Gasteiger partial charge on any atom is 0.350 e. The van der Waals surface area contributed by atoms with Crippen LogP contribution >= 0.6 is 0 Å². The zero-order chi connectivity index (χ0) is 20.3. The van der Waals surface area contributed by atoms with Crippen LogP contribution in [0.2, 0.25) is 0 Å². The largest absolute Gasteiger partial charge is 0.419 e. The third kappa shape index (κ3) is 5.09. The molecule has 1 aromatic carbocycles. The number of likely N-dealkylation sites (N-methyl/N-ethyl adjacent to an activating group) is 1. The highest BCUT2D eigenvalue weighted by Crippen LogP contribution is 2.23.